The maximum atomic E-state index is 11.3. The SMILES string of the molecule is CCC(O)CNC(=O)Cc1ccn[nH]1. The third kappa shape index (κ3) is 3.57. The van der Waals surface area contributed by atoms with Crippen LogP contribution in [0, 0.1) is 0 Å². The Balaban J connectivity index is 2.23. The van der Waals surface area contributed by atoms with E-state index in [1.165, 1.54) is 0 Å². The first kappa shape index (κ1) is 10.7. The second-order valence-corrected chi connectivity index (χ2v) is 3.12. The molecule has 5 heteroatoms. The molecule has 0 saturated carbocycles. The lowest BCUT2D eigenvalue weighted by molar-refractivity contribution is -0.120. The van der Waals surface area contributed by atoms with Crippen LogP contribution >= 0.6 is 0 Å². The van der Waals surface area contributed by atoms with E-state index in [4.69, 9.17) is 0 Å². The zero-order valence-corrected chi connectivity index (χ0v) is 8.16. The Hall–Kier alpha value is -1.36. The number of rotatable bonds is 5. The number of hydrogen-bond donors (Lipinski definition) is 3. The number of H-pyrrole nitrogens is 1. The van der Waals surface area contributed by atoms with E-state index in [0.717, 1.165) is 5.69 Å². The third-order valence-electron chi connectivity index (χ3n) is 1.92. The Morgan fingerprint density at radius 1 is 1.79 bits per heavy atom. The summed E-state index contributed by atoms with van der Waals surface area (Å²) in [4.78, 5) is 11.3. The fourth-order valence-corrected chi connectivity index (χ4v) is 0.995. The predicted octanol–water partition coefficient (Wildman–Crippen LogP) is -0.161. The average molecular weight is 197 g/mol. The lowest BCUT2D eigenvalue weighted by atomic mass is 10.2. The maximum absolute atomic E-state index is 11.3. The molecule has 0 radical (unpaired) electrons. The largest absolute Gasteiger partial charge is 0.391 e. The van der Waals surface area contributed by atoms with Gasteiger partial charge >= 0.3 is 0 Å². The second-order valence-electron chi connectivity index (χ2n) is 3.12. The van der Waals surface area contributed by atoms with E-state index in [2.05, 4.69) is 15.5 Å². The molecule has 0 aliphatic rings. The van der Waals surface area contributed by atoms with Crippen LogP contribution in [0.2, 0.25) is 0 Å². The number of aliphatic hydroxyl groups excluding tert-OH is 1. The van der Waals surface area contributed by atoms with Gasteiger partial charge in [0.2, 0.25) is 5.91 Å². The van der Waals surface area contributed by atoms with E-state index in [1.807, 2.05) is 6.92 Å². The summed E-state index contributed by atoms with van der Waals surface area (Å²) in [6.07, 6.45) is 2.06. The summed E-state index contributed by atoms with van der Waals surface area (Å²) in [5.74, 6) is -0.109. The van der Waals surface area contributed by atoms with Gasteiger partial charge in [0.1, 0.15) is 0 Å². The van der Waals surface area contributed by atoms with Crippen LogP contribution in [0.3, 0.4) is 0 Å². The summed E-state index contributed by atoms with van der Waals surface area (Å²) in [5.41, 5.74) is 0.772. The van der Waals surface area contributed by atoms with Crippen LogP contribution in [0.15, 0.2) is 12.3 Å². The standard InChI is InChI=1S/C9H15N3O2/c1-2-8(13)6-10-9(14)5-7-3-4-11-12-7/h3-4,8,13H,2,5-6H2,1H3,(H,10,14)(H,11,12). The minimum Gasteiger partial charge on any atom is -0.391 e. The van der Waals surface area contributed by atoms with Crippen molar-refractivity contribution in [1.82, 2.24) is 15.5 Å². The lowest BCUT2D eigenvalue weighted by Crippen LogP contribution is -2.32. The molecule has 1 atom stereocenters. The first-order valence-electron chi connectivity index (χ1n) is 4.65. The summed E-state index contributed by atoms with van der Waals surface area (Å²) in [6.45, 7) is 2.18. The highest BCUT2D eigenvalue weighted by Gasteiger charge is 2.06. The highest BCUT2D eigenvalue weighted by molar-refractivity contribution is 5.78. The van der Waals surface area contributed by atoms with E-state index in [9.17, 15) is 9.90 Å². The van der Waals surface area contributed by atoms with E-state index in [0.29, 0.717) is 13.0 Å². The number of aromatic amines is 1. The molecule has 78 valence electrons. The molecule has 3 N–H and O–H groups in total. The molecule has 1 rings (SSSR count). The molecule has 0 spiro atoms. The van der Waals surface area contributed by atoms with Gasteiger partial charge in [-0.05, 0) is 12.5 Å². The zero-order valence-electron chi connectivity index (χ0n) is 8.16. The van der Waals surface area contributed by atoms with Crippen molar-refractivity contribution in [1.29, 1.82) is 0 Å². The van der Waals surface area contributed by atoms with Crippen LogP contribution in [0.5, 0.6) is 0 Å². The van der Waals surface area contributed by atoms with Gasteiger partial charge in [-0.2, -0.15) is 5.10 Å². The summed E-state index contributed by atoms with van der Waals surface area (Å²) in [5, 5.41) is 18.3. The third-order valence-corrected chi connectivity index (χ3v) is 1.92. The Kier molecular flexibility index (Phi) is 4.12. The number of amides is 1. The van der Waals surface area contributed by atoms with Crippen LogP contribution < -0.4 is 5.32 Å². The van der Waals surface area contributed by atoms with Crippen LogP contribution in [0.1, 0.15) is 19.0 Å². The van der Waals surface area contributed by atoms with Crippen molar-refractivity contribution in [2.24, 2.45) is 0 Å². The number of carbonyl (C=O) groups is 1. The molecular weight excluding hydrogens is 182 g/mol. The van der Waals surface area contributed by atoms with Crippen molar-refractivity contribution in [3.63, 3.8) is 0 Å². The number of hydrogen-bond acceptors (Lipinski definition) is 3. The molecule has 1 aromatic rings. The summed E-state index contributed by atoms with van der Waals surface area (Å²) < 4.78 is 0. The van der Waals surface area contributed by atoms with E-state index in [1.54, 1.807) is 12.3 Å². The van der Waals surface area contributed by atoms with Crippen molar-refractivity contribution < 1.29 is 9.90 Å². The van der Waals surface area contributed by atoms with Crippen LogP contribution in [-0.2, 0) is 11.2 Å². The maximum Gasteiger partial charge on any atom is 0.226 e. The molecule has 1 unspecified atom stereocenters. The first-order chi connectivity index (χ1) is 6.72. The summed E-state index contributed by atoms with van der Waals surface area (Å²) >= 11 is 0. The van der Waals surface area contributed by atoms with Gasteiger partial charge in [-0.25, -0.2) is 0 Å². The van der Waals surface area contributed by atoms with Gasteiger partial charge < -0.3 is 10.4 Å². The van der Waals surface area contributed by atoms with E-state index >= 15 is 0 Å². The fraction of sp³-hybridized carbons (Fsp3) is 0.556. The van der Waals surface area contributed by atoms with Gasteiger partial charge in [0.25, 0.3) is 0 Å². The molecule has 1 aromatic heterocycles. The van der Waals surface area contributed by atoms with Gasteiger partial charge in [0.15, 0.2) is 0 Å². The first-order valence-corrected chi connectivity index (χ1v) is 4.65. The second kappa shape index (κ2) is 5.39. The van der Waals surface area contributed by atoms with Crippen LogP contribution in [0.4, 0.5) is 0 Å². The highest BCUT2D eigenvalue weighted by atomic mass is 16.3. The van der Waals surface area contributed by atoms with Gasteiger partial charge in [0, 0.05) is 18.4 Å². The molecule has 5 nitrogen and oxygen atoms in total. The highest BCUT2D eigenvalue weighted by Crippen LogP contribution is 1.93. The predicted molar refractivity (Wildman–Crippen MR) is 51.6 cm³/mol. The molecule has 0 fully saturated rings. The van der Waals surface area contributed by atoms with Crippen molar-refractivity contribution in [2.75, 3.05) is 6.54 Å². The zero-order chi connectivity index (χ0) is 10.4. The van der Waals surface area contributed by atoms with Crippen molar-refractivity contribution >= 4 is 5.91 Å². The normalized spacial score (nSPS) is 12.4. The smallest absolute Gasteiger partial charge is 0.226 e. The Labute approximate surface area is 82.5 Å². The van der Waals surface area contributed by atoms with Crippen molar-refractivity contribution in [2.45, 2.75) is 25.9 Å². The molecule has 1 heterocycles. The minimum absolute atomic E-state index is 0.109. The number of aliphatic hydroxyl groups is 1. The number of nitrogens with one attached hydrogen (secondary N) is 2. The molecule has 0 aromatic carbocycles. The van der Waals surface area contributed by atoms with E-state index in [-0.39, 0.29) is 12.3 Å². The van der Waals surface area contributed by atoms with E-state index < -0.39 is 6.10 Å². The van der Waals surface area contributed by atoms with Gasteiger partial charge in [-0.15, -0.1) is 0 Å². The van der Waals surface area contributed by atoms with Gasteiger partial charge in [-0.1, -0.05) is 6.92 Å². The van der Waals surface area contributed by atoms with Crippen LogP contribution in [0.25, 0.3) is 0 Å². The lowest BCUT2D eigenvalue weighted by Gasteiger charge is -2.08. The number of carbonyl (C=O) groups excluding carboxylic acids is 1. The Bertz CT molecular complexity index is 272. The quantitative estimate of drug-likeness (QED) is 0.613. The molecule has 1 amide bonds. The van der Waals surface area contributed by atoms with Gasteiger partial charge in [0.05, 0.1) is 12.5 Å². The summed E-state index contributed by atoms with van der Waals surface area (Å²) in [7, 11) is 0. The van der Waals surface area contributed by atoms with Crippen molar-refractivity contribution in [3.05, 3.63) is 18.0 Å². The molecule has 0 saturated heterocycles. The van der Waals surface area contributed by atoms with Crippen molar-refractivity contribution in [3.8, 4) is 0 Å². The van der Waals surface area contributed by atoms with Gasteiger partial charge in [-0.3, -0.25) is 9.89 Å². The number of nitrogens with zero attached hydrogens (tertiary/aromatic N) is 1. The molecule has 0 bridgehead atoms. The Morgan fingerprint density at radius 3 is 3.14 bits per heavy atom. The molecule has 0 aliphatic carbocycles. The average Bonchev–Trinajstić information content (AvgIpc) is 2.66. The topological polar surface area (TPSA) is 78.0 Å². The molecule has 0 aliphatic heterocycles. The molecule has 14 heavy (non-hydrogen) atoms. The summed E-state index contributed by atoms with van der Waals surface area (Å²) in [6, 6.07) is 1.75. The Morgan fingerprint density at radius 2 is 2.57 bits per heavy atom. The minimum atomic E-state index is -0.458. The molecular formula is C9H15N3O2. The number of aromatic nitrogens is 2. The van der Waals surface area contributed by atoms with Crippen LogP contribution in [-0.4, -0.2) is 33.9 Å². The fourth-order valence-electron chi connectivity index (χ4n) is 0.995. The monoisotopic (exact) mass is 197 g/mol.